The Morgan fingerprint density at radius 2 is 1.89 bits per heavy atom. The number of hydrogen-bond acceptors (Lipinski definition) is 5. The lowest BCUT2D eigenvalue weighted by Gasteiger charge is -2.17. The van der Waals surface area contributed by atoms with Gasteiger partial charge in [0.15, 0.2) is 0 Å². The van der Waals surface area contributed by atoms with Crippen LogP contribution in [0.3, 0.4) is 0 Å². The Morgan fingerprint density at radius 1 is 1.11 bits per heavy atom. The number of hydrogen-bond donors (Lipinski definition) is 1. The number of carbonyl (C=O) groups excluding carboxylic acids is 1. The van der Waals surface area contributed by atoms with Gasteiger partial charge in [0.05, 0.1) is 18.1 Å². The Balaban J connectivity index is 1.38. The summed E-state index contributed by atoms with van der Waals surface area (Å²) in [6.07, 6.45) is -2.71. The zero-order chi connectivity index (χ0) is 25.8. The fourth-order valence-electron chi connectivity index (χ4n) is 4.97. The first-order valence-electron chi connectivity index (χ1n) is 11.2. The molecular weight excluding hydrogens is 485 g/mol. The number of pyridine rings is 1. The van der Waals surface area contributed by atoms with Crippen molar-refractivity contribution in [2.24, 2.45) is 11.8 Å². The topological polar surface area (TPSA) is 68.7 Å². The molecule has 3 aromatic rings. The van der Waals surface area contributed by atoms with Gasteiger partial charge in [0, 0.05) is 35.4 Å². The summed E-state index contributed by atoms with van der Waals surface area (Å²) in [5.41, 5.74) is -0.719. The molecular formula is C26H20F5NO4. The van der Waals surface area contributed by atoms with Gasteiger partial charge < -0.3 is 14.6 Å². The van der Waals surface area contributed by atoms with Gasteiger partial charge in [-0.25, -0.2) is 13.8 Å². The third-order valence-electron chi connectivity index (χ3n) is 6.65. The number of benzene rings is 2. The first kappa shape index (κ1) is 24.0. The van der Waals surface area contributed by atoms with Crippen molar-refractivity contribution in [3.05, 3.63) is 76.5 Å². The second kappa shape index (κ2) is 8.76. The van der Waals surface area contributed by atoms with Crippen LogP contribution < -0.4 is 4.74 Å². The fourth-order valence-corrected chi connectivity index (χ4v) is 4.97. The first-order valence-corrected chi connectivity index (χ1v) is 11.2. The maximum atomic E-state index is 14.6. The van der Waals surface area contributed by atoms with Gasteiger partial charge in [-0.05, 0) is 60.2 Å². The number of aromatic nitrogens is 1. The van der Waals surface area contributed by atoms with E-state index in [1.54, 1.807) is 19.2 Å². The third-order valence-corrected chi connectivity index (χ3v) is 6.65. The van der Waals surface area contributed by atoms with Gasteiger partial charge in [0.1, 0.15) is 24.0 Å². The Labute approximate surface area is 202 Å². The van der Waals surface area contributed by atoms with E-state index in [9.17, 15) is 31.9 Å². The van der Waals surface area contributed by atoms with Gasteiger partial charge >= 0.3 is 12.1 Å². The van der Waals surface area contributed by atoms with Crippen LogP contribution in [0.2, 0.25) is 0 Å². The molecule has 3 atom stereocenters. The summed E-state index contributed by atoms with van der Waals surface area (Å²) in [5, 5.41) is 9.40. The first-order chi connectivity index (χ1) is 17.1. The van der Waals surface area contributed by atoms with Gasteiger partial charge in [-0.15, -0.1) is 0 Å². The molecule has 0 radical (unpaired) electrons. The summed E-state index contributed by atoms with van der Waals surface area (Å²) in [6.45, 7) is 1.62. The minimum atomic E-state index is -4.94. The number of nitrogens with zero attached hydrogens (tertiary/aromatic N) is 1. The van der Waals surface area contributed by atoms with E-state index in [2.05, 4.69) is 4.98 Å². The highest BCUT2D eigenvalue weighted by Gasteiger charge is 2.60. The van der Waals surface area contributed by atoms with Crippen LogP contribution >= 0.6 is 0 Å². The van der Waals surface area contributed by atoms with Crippen molar-refractivity contribution in [3.8, 4) is 22.8 Å². The van der Waals surface area contributed by atoms with Crippen LogP contribution in [0.25, 0.3) is 11.1 Å². The zero-order valence-corrected chi connectivity index (χ0v) is 18.9. The molecule has 0 spiro atoms. The van der Waals surface area contributed by atoms with Crippen LogP contribution in [-0.2, 0) is 28.7 Å². The fraction of sp³-hybridized carbons (Fsp3) is 0.308. The molecule has 2 aromatic carbocycles. The van der Waals surface area contributed by atoms with Crippen molar-refractivity contribution in [2.45, 2.75) is 32.0 Å². The zero-order valence-electron chi connectivity index (χ0n) is 18.9. The number of phenolic OH excluding ortho intramolecular Hbond substituents is 1. The van der Waals surface area contributed by atoms with Gasteiger partial charge in [0.2, 0.25) is 5.88 Å². The van der Waals surface area contributed by atoms with Crippen LogP contribution in [-0.4, -0.2) is 22.7 Å². The second-order valence-corrected chi connectivity index (χ2v) is 8.83. The van der Waals surface area contributed by atoms with Crippen molar-refractivity contribution in [2.75, 3.05) is 6.61 Å². The molecule has 0 aliphatic heterocycles. The molecule has 0 bridgehead atoms. The highest BCUT2D eigenvalue weighted by Crippen LogP contribution is 2.61. The summed E-state index contributed by atoms with van der Waals surface area (Å²) in [4.78, 5) is 16.2. The lowest BCUT2D eigenvalue weighted by molar-refractivity contribution is -0.145. The van der Waals surface area contributed by atoms with E-state index in [1.165, 1.54) is 0 Å². The monoisotopic (exact) mass is 505 g/mol. The molecule has 0 amide bonds. The van der Waals surface area contributed by atoms with Gasteiger partial charge in [-0.3, -0.25) is 4.79 Å². The minimum Gasteiger partial charge on any atom is -0.508 e. The number of aromatic hydroxyl groups is 1. The molecule has 1 fully saturated rings. The van der Waals surface area contributed by atoms with Gasteiger partial charge in [-0.2, -0.15) is 13.2 Å². The number of carbonyl (C=O) groups is 1. The number of phenols is 1. The van der Waals surface area contributed by atoms with E-state index >= 15 is 0 Å². The van der Waals surface area contributed by atoms with Gasteiger partial charge in [0.25, 0.3) is 0 Å². The quantitative estimate of drug-likeness (QED) is 0.340. The van der Waals surface area contributed by atoms with Crippen LogP contribution in [0.4, 0.5) is 22.0 Å². The molecule has 36 heavy (non-hydrogen) atoms. The molecule has 2 aliphatic rings. The Morgan fingerprint density at radius 3 is 2.58 bits per heavy atom. The number of fused-ring (bicyclic) bond motifs is 3. The Bertz CT molecular complexity index is 1360. The lowest BCUT2D eigenvalue weighted by atomic mass is 9.96. The summed E-state index contributed by atoms with van der Waals surface area (Å²) < 4.78 is 80.4. The number of ether oxygens (including phenoxy) is 2. The summed E-state index contributed by atoms with van der Waals surface area (Å²) in [7, 11) is 0. The van der Waals surface area contributed by atoms with E-state index in [1.807, 2.05) is 0 Å². The number of rotatable bonds is 6. The van der Waals surface area contributed by atoms with E-state index in [0.29, 0.717) is 25.2 Å². The third kappa shape index (κ3) is 4.25. The second-order valence-electron chi connectivity index (χ2n) is 8.83. The SMILES string of the molecule is CCOC(=O)C1C2Cc3cc(OCc4cc(-c5ccc(O)cc5F)c(C(F)(F)F)cc4F)ncc3C21. The Kier molecular flexibility index (Phi) is 5.84. The average Bonchev–Trinajstić information content (AvgIpc) is 3.39. The van der Waals surface area contributed by atoms with E-state index < -0.39 is 46.9 Å². The molecule has 1 aromatic heterocycles. The predicted octanol–water partition coefficient (Wildman–Crippen LogP) is 5.78. The van der Waals surface area contributed by atoms with Crippen molar-refractivity contribution < 1.29 is 41.3 Å². The smallest absolute Gasteiger partial charge is 0.417 e. The van der Waals surface area contributed by atoms with Crippen molar-refractivity contribution in [3.63, 3.8) is 0 Å². The lowest BCUT2D eigenvalue weighted by Crippen LogP contribution is -2.11. The normalized spacial score (nSPS) is 20.0. The molecule has 10 heteroatoms. The van der Waals surface area contributed by atoms with Crippen molar-refractivity contribution in [1.29, 1.82) is 0 Å². The molecule has 1 saturated carbocycles. The minimum absolute atomic E-state index is 0.0516. The van der Waals surface area contributed by atoms with Crippen molar-refractivity contribution in [1.82, 2.24) is 4.98 Å². The standard InChI is InChI=1S/C26H20F5NO4/c1-2-35-25(34)24-17-5-12-7-22(32-10-18(12)23(17)24)36-11-13-6-16(15-4-3-14(33)8-21(15)28)19(9-20(13)27)26(29,30)31/h3-4,6-10,17,23-24,33H,2,5,11H2,1H3. The van der Waals surface area contributed by atoms with Crippen LogP contribution in [0, 0.1) is 23.5 Å². The van der Waals surface area contributed by atoms with E-state index in [-0.39, 0.29) is 35.2 Å². The average molecular weight is 505 g/mol. The Hall–Kier alpha value is -3.69. The molecule has 3 unspecified atom stereocenters. The molecule has 1 N–H and O–H groups in total. The summed E-state index contributed by atoms with van der Waals surface area (Å²) in [5.74, 6) is -2.75. The molecule has 2 aliphatic carbocycles. The predicted molar refractivity (Wildman–Crippen MR) is 117 cm³/mol. The molecule has 5 nitrogen and oxygen atoms in total. The van der Waals surface area contributed by atoms with Crippen LogP contribution in [0.5, 0.6) is 11.6 Å². The highest BCUT2D eigenvalue weighted by molar-refractivity contribution is 5.79. The highest BCUT2D eigenvalue weighted by atomic mass is 19.4. The maximum Gasteiger partial charge on any atom is 0.417 e. The molecule has 188 valence electrons. The maximum absolute atomic E-state index is 14.6. The van der Waals surface area contributed by atoms with Crippen LogP contribution in [0.1, 0.15) is 35.1 Å². The van der Waals surface area contributed by atoms with Gasteiger partial charge in [-0.1, -0.05) is 0 Å². The van der Waals surface area contributed by atoms with Crippen molar-refractivity contribution >= 4 is 5.97 Å². The van der Waals surface area contributed by atoms with E-state index in [4.69, 9.17) is 9.47 Å². The summed E-state index contributed by atoms with van der Waals surface area (Å²) in [6, 6.07) is 5.59. The number of alkyl halides is 3. The van der Waals surface area contributed by atoms with E-state index in [0.717, 1.165) is 29.3 Å². The van der Waals surface area contributed by atoms with Crippen LogP contribution in [0.15, 0.2) is 42.6 Å². The molecule has 1 heterocycles. The molecule has 5 rings (SSSR count). The largest absolute Gasteiger partial charge is 0.508 e. The number of esters is 1. The summed E-state index contributed by atoms with van der Waals surface area (Å²) >= 11 is 0. The number of halogens is 5. The molecule has 0 saturated heterocycles.